The van der Waals surface area contributed by atoms with Crippen molar-refractivity contribution in [2.75, 3.05) is 0 Å². The summed E-state index contributed by atoms with van der Waals surface area (Å²) in [6, 6.07) is 37.5. The lowest BCUT2D eigenvalue weighted by Gasteiger charge is -2.33. The molecule has 7 rings (SSSR count). The Morgan fingerprint density at radius 3 is 1.32 bits per heavy atom. The van der Waals surface area contributed by atoms with E-state index in [0.717, 1.165) is 0 Å². The van der Waals surface area contributed by atoms with Gasteiger partial charge in [0.15, 0.2) is 0 Å². The fraction of sp³-hybridized carbons (Fsp3) is 0.378. The highest BCUT2D eigenvalue weighted by Crippen LogP contribution is 2.56. The Labute approximate surface area is 290 Å². The quantitative estimate of drug-likeness (QED) is 0.0911. The molecular formula is C45H50S2. The molecule has 0 fully saturated rings. The van der Waals surface area contributed by atoms with E-state index in [1.807, 2.05) is 22.7 Å². The summed E-state index contributed by atoms with van der Waals surface area (Å²) in [5.41, 5.74) is 8.99. The molecule has 0 saturated heterocycles. The number of rotatable bonds is 16. The van der Waals surface area contributed by atoms with Crippen LogP contribution in [0.4, 0.5) is 0 Å². The highest BCUT2D eigenvalue weighted by molar-refractivity contribution is 7.22. The van der Waals surface area contributed by atoms with Crippen molar-refractivity contribution in [3.8, 4) is 32.0 Å². The summed E-state index contributed by atoms with van der Waals surface area (Å²) in [5, 5.41) is 2.71. The van der Waals surface area contributed by atoms with Gasteiger partial charge in [-0.15, -0.1) is 22.7 Å². The summed E-state index contributed by atoms with van der Waals surface area (Å²) in [4.78, 5) is 2.79. The largest absolute Gasteiger partial charge is 0.135 e. The normalized spacial score (nSPS) is 13.4. The second-order valence-corrected chi connectivity index (χ2v) is 16.1. The maximum atomic E-state index is 2.62. The van der Waals surface area contributed by atoms with Gasteiger partial charge in [-0.05, 0) is 93.4 Å². The fourth-order valence-corrected chi connectivity index (χ4v) is 10.2. The van der Waals surface area contributed by atoms with Gasteiger partial charge in [-0.3, -0.25) is 0 Å². The summed E-state index contributed by atoms with van der Waals surface area (Å²) in [5.74, 6) is 0. The minimum atomic E-state index is 0.0690. The maximum absolute atomic E-state index is 2.62. The zero-order valence-electron chi connectivity index (χ0n) is 28.5. The first-order chi connectivity index (χ1) is 23.2. The van der Waals surface area contributed by atoms with Gasteiger partial charge >= 0.3 is 0 Å². The fourth-order valence-electron chi connectivity index (χ4n) is 8.13. The Morgan fingerprint density at radius 2 is 0.872 bits per heavy atom. The van der Waals surface area contributed by atoms with Crippen molar-refractivity contribution in [1.29, 1.82) is 0 Å². The Hall–Kier alpha value is -3.20. The number of benzene rings is 4. The van der Waals surface area contributed by atoms with Crippen LogP contribution < -0.4 is 0 Å². The molecule has 0 amide bonds. The van der Waals surface area contributed by atoms with Gasteiger partial charge in [0.1, 0.15) is 0 Å². The van der Waals surface area contributed by atoms with Crippen molar-refractivity contribution < 1.29 is 0 Å². The number of thiophene rings is 2. The third kappa shape index (κ3) is 6.74. The zero-order chi connectivity index (χ0) is 32.1. The third-order valence-electron chi connectivity index (χ3n) is 10.7. The summed E-state index contributed by atoms with van der Waals surface area (Å²) < 4.78 is 2.76. The molecule has 0 bridgehead atoms. The molecule has 4 aromatic carbocycles. The van der Waals surface area contributed by atoms with Crippen molar-refractivity contribution in [2.24, 2.45) is 0 Å². The summed E-state index contributed by atoms with van der Waals surface area (Å²) >= 11 is 3.88. The van der Waals surface area contributed by atoms with E-state index >= 15 is 0 Å². The van der Waals surface area contributed by atoms with Crippen molar-refractivity contribution in [1.82, 2.24) is 0 Å². The molecule has 0 saturated carbocycles. The van der Waals surface area contributed by atoms with E-state index in [2.05, 4.69) is 111 Å². The number of unbranched alkanes of at least 4 members (excludes halogenated alkanes) is 10. The van der Waals surface area contributed by atoms with Gasteiger partial charge in [-0.1, -0.05) is 152 Å². The van der Waals surface area contributed by atoms with Gasteiger partial charge in [-0.25, -0.2) is 0 Å². The highest BCUT2D eigenvalue weighted by atomic mass is 32.1. The lowest BCUT2D eigenvalue weighted by Crippen LogP contribution is -2.25. The van der Waals surface area contributed by atoms with Crippen molar-refractivity contribution in [2.45, 2.75) is 109 Å². The molecule has 6 aromatic rings. The van der Waals surface area contributed by atoms with E-state index in [4.69, 9.17) is 0 Å². The molecular weight excluding hydrogens is 605 g/mol. The molecule has 0 atom stereocenters. The molecule has 1 aliphatic carbocycles. The lowest BCUT2D eigenvalue weighted by molar-refractivity contribution is 0.398. The first kappa shape index (κ1) is 32.4. The monoisotopic (exact) mass is 654 g/mol. The number of hydrogen-bond acceptors (Lipinski definition) is 2. The third-order valence-corrected chi connectivity index (χ3v) is 13.0. The first-order valence-electron chi connectivity index (χ1n) is 18.5. The number of fused-ring (bicyclic) bond motifs is 5. The van der Waals surface area contributed by atoms with Crippen LogP contribution in [0.5, 0.6) is 0 Å². The Morgan fingerprint density at radius 1 is 0.447 bits per heavy atom. The standard InChI is InChI=1S/C45H50S2/c1-3-5-7-9-11-17-27-45(28-18-12-10-8-6-4-2)39-29-35(43-31-33-19-13-15-21-41(33)46-43)23-25-37(39)38-26-24-36(30-40(38)45)44-32-34-20-14-16-22-42(34)47-44/h13-16,19-26,29-32H,3-12,17-18,27-28H2,1-2H3. The molecule has 242 valence electrons. The van der Waals surface area contributed by atoms with Crippen molar-refractivity contribution >= 4 is 42.8 Å². The maximum Gasteiger partial charge on any atom is 0.0355 e. The van der Waals surface area contributed by atoms with E-state index in [1.165, 1.54) is 142 Å². The molecule has 0 aliphatic heterocycles. The van der Waals surface area contributed by atoms with Crippen LogP contribution in [0.15, 0.2) is 97.1 Å². The molecule has 0 N–H and O–H groups in total. The Bertz CT molecular complexity index is 1730. The van der Waals surface area contributed by atoms with Crippen molar-refractivity contribution in [3.63, 3.8) is 0 Å². The van der Waals surface area contributed by atoms with Gasteiger partial charge in [0.05, 0.1) is 0 Å². The van der Waals surface area contributed by atoms with E-state index in [1.54, 1.807) is 11.1 Å². The van der Waals surface area contributed by atoms with Crippen LogP contribution in [-0.2, 0) is 5.41 Å². The van der Waals surface area contributed by atoms with Crippen LogP contribution >= 0.6 is 22.7 Å². The van der Waals surface area contributed by atoms with E-state index in [9.17, 15) is 0 Å². The lowest BCUT2D eigenvalue weighted by atomic mass is 9.70. The van der Waals surface area contributed by atoms with Gasteiger partial charge < -0.3 is 0 Å². The van der Waals surface area contributed by atoms with Crippen LogP contribution in [0.3, 0.4) is 0 Å². The topological polar surface area (TPSA) is 0 Å². The predicted octanol–water partition coefficient (Wildman–Crippen LogP) is 15.2. The Balaban J connectivity index is 1.31. The number of hydrogen-bond donors (Lipinski definition) is 0. The van der Waals surface area contributed by atoms with Crippen LogP contribution in [0, 0.1) is 0 Å². The average Bonchev–Trinajstić information content (AvgIpc) is 3.81. The molecule has 0 unspecified atom stereocenters. The molecule has 0 nitrogen and oxygen atoms in total. The van der Waals surface area contributed by atoms with E-state index < -0.39 is 0 Å². The van der Waals surface area contributed by atoms with E-state index in [0.29, 0.717) is 0 Å². The molecule has 0 spiro atoms. The zero-order valence-corrected chi connectivity index (χ0v) is 30.1. The van der Waals surface area contributed by atoms with Crippen LogP contribution in [0.1, 0.15) is 115 Å². The first-order valence-corrected chi connectivity index (χ1v) is 20.1. The van der Waals surface area contributed by atoms with Gasteiger partial charge in [0.25, 0.3) is 0 Å². The molecule has 0 radical (unpaired) electrons. The minimum Gasteiger partial charge on any atom is -0.135 e. The molecule has 2 heterocycles. The van der Waals surface area contributed by atoms with Gasteiger partial charge in [0, 0.05) is 24.6 Å². The molecule has 2 heteroatoms. The molecule has 1 aliphatic rings. The van der Waals surface area contributed by atoms with Gasteiger partial charge in [-0.2, -0.15) is 0 Å². The SMILES string of the molecule is CCCCCCCCC1(CCCCCCCC)c2cc(-c3cc4ccccc4s3)ccc2-c2ccc(-c3cc4ccccc4s3)cc21. The Kier molecular flexibility index (Phi) is 10.3. The predicted molar refractivity (Wildman–Crippen MR) is 210 cm³/mol. The van der Waals surface area contributed by atoms with Crippen molar-refractivity contribution in [3.05, 3.63) is 108 Å². The highest BCUT2D eigenvalue weighted by Gasteiger charge is 2.42. The summed E-state index contributed by atoms with van der Waals surface area (Å²) in [6.45, 7) is 4.65. The second kappa shape index (κ2) is 14.9. The summed E-state index contributed by atoms with van der Waals surface area (Å²) in [7, 11) is 0. The van der Waals surface area contributed by atoms with E-state index in [-0.39, 0.29) is 5.41 Å². The second-order valence-electron chi connectivity index (χ2n) is 13.9. The average molecular weight is 655 g/mol. The van der Waals surface area contributed by atoms with Crippen LogP contribution in [-0.4, -0.2) is 0 Å². The van der Waals surface area contributed by atoms with Crippen LogP contribution in [0.25, 0.3) is 52.2 Å². The van der Waals surface area contributed by atoms with Crippen LogP contribution in [0.2, 0.25) is 0 Å². The molecule has 47 heavy (non-hydrogen) atoms. The summed E-state index contributed by atoms with van der Waals surface area (Å²) in [6.07, 6.45) is 18.6. The molecule has 2 aromatic heterocycles. The minimum absolute atomic E-state index is 0.0690. The smallest absolute Gasteiger partial charge is 0.0355 e. The van der Waals surface area contributed by atoms with Gasteiger partial charge in [0.2, 0.25) is 0 Å².